The molecule has 1 aromatic rings. The van der Waals surface area contributed by atoms with E-state index < -0.39 is 17.1 Å². The Morgan fingerprint density at radius 2 is 2.13 bits per heavy atom. The number of benzene rings is 1. The summed E-state index contributed by atoms with van der Waals surface area (Å²) in [4.78, 5) is 9.83. The molecule has 0 saturated heterocycles. The van der Waals surface area contributed by atoms with E-state index in [1.807, 2.05) is 0 Å². The summed E-state index contributed by atoms with van der Waals surface area (Å²) in [6.07, 6.45) is -1.31. The van der Waals surface area contributed by atoms with E-state index in [-0.39, 0.29) is 0 Å². The van der Waals surface area contributed by atoms with Gasteiger partial charge in [-0.3, -0.25) is 15.8 Å². The van der Waals surface area contributed by atoms with Crippen LogP contribution >= 0.6 is 0 Å². The highest BCUT2D eigenvalue weighted by molar-refractivity contribution is 5.30. The Kier molecular flexibility index (Phi) is 3.59. The van der Waals surface area contributed by atoms with Crippen LogP contribution in [0.2, 0.25) is 0 Å². The Bertz CT molecular complexity index is 356. The van der Waals surface area contributed by atoms with E-state index in [0.717, 1.165) is 0 Å². The zero-order chi connectivity index (χ0) is 11.4. The Morgan fingerprint density at radius 1 is 1.47 bits per heavy atom. The van der Waals surface area contributed by atoms with Crippen molar-refractivity contribution in [1.82, 2.24) is 0 Å². The van der Waals surface area contributed by atoms with E-state index in [1.165, 1.54) is 7.11 Å². The van der Waals surface area contributed by atoms with Crippen LogP contribution in [0.25, 0.3) is 0 Å². The molecule has 1 aromatic carbocycles. The third kappa shape index (κ3) is 2.64. The maximum Gasteiger partial charge on any atom is 0.282 e. The molecule has 82 valence electrons. The lowest BCUT2D eigenvalue weighted by atomic mass is 10.1. The number of hydrogen-bond acceptors (Lipinski definition) is 5. The van der Waals surface area contributed by atoms with Crippen LogP contribution in [0.5, 0.6) is 5.75 Å². The number of methoxy groups -OCH3 is 1. The third-order valence-electron chi connectivity index (χ3n) is 2.09. The van der Waals surface area contributed by atoms with Gasteiger partial charge in [-0.15, -0.1) is 0 Å². The van der Waals surface area contributed by atoms with Crippen LogP contribution in [0, 0.1) is 10.1 Å². The van der Waals surface area contributed by atoms with Crippen molar-refractivity contribution in [3.05, 3.63) is 39.9 Å². The first-order chi connectivity index (χ1) is 7.06. The van der Waals surface area contributed by atoms with Gasteiger partial charge in [0.25, 0.3) is 6.17 Å². The van der Waals surface area contributed by atoms with Crippen molar-refractivity contribution in [3.8, 4) is 5.75 Å². The van der Waals surface area contributed by atoms with Gasteiger partial charge in [-0.05, 0) is 17.7 Å². The molecule has 0 fully saturated rings. The predicted molar refractivity (Wildman–Crippen MR) is 54.9 cm³/mol. The molecule has 2 unspecified atom stereocenters. The van der Waals surface area contributed by atoms with Gasteiger partial charge in [0.15, 0.2) is 0 Å². The van der Waals surface area contributed by atoms with E-state index in [9.17, 15) is 10.1 Å². The van der Waals surface area contributed by atoms with Gasteiger partial charge in [0.1, 0.15) is 11.8 Å². The molecule has 1 rings (SSSR count). The van der Waals surface area contributed by atoms with Crippen molar-refractivity contribution in [3.63, 3.8) is 0 Å². The highest BCUT2D eigenvalue weighted by Gasteiger charge is 2.25. The molecule has 15 heavy (non-hydrogen) atoms. The lowest BCUT2D eigenvalue weighted by Gasteiger charge is -2.13. The lowest BCUT2D eigenvalue weighted by molar-refractivity contribution is -0.525. The molecule has 0 aliphatic carbocycles. The molecule has 0 saturated carbocycles. The van der Waals surface area contributed by atoms with E-state index in [0.29, 0.717) is 11.3 Å². The maximum atomic E-state index is 10.4. The van der Waals surface area contributed by atoms with Crippen molar-refractivity contribution in [2.24, 2.45) is 11.5 Å². The summed E-state index contributed by atoms with van der Waals surface area (Å²) in [5.74, 6) is 0.596. The average Bonchev–Trinajstić information content (AvgIpc) is 2.27. The number of nitro groups is 1. The van der Waals surface area contributed by atoms with Gasteiger partial charge in [0.05, 0.1) is 7.11 Å². The molecule has 0 aliphatic rings. The summed E-state index contributed by atoms with van der Waals surface area (Å²) in [6.45, 7) is 0. The predicted octanol–water partition coefficient (Wildman–Crippen LogP) is 0.257. The van der Waals surface area contributed by atoms with Crippen molar-refractivity contribution >= 4 is 0 Å². The van der Waals surface area contributed by atoms with E-state index in [4.69, 9.17) is 16.2 Å². The van der Waals surface area contributed by atoms with Crippen molar-refractivity contribution in [1.29, 1.82) is 0 Å². The first-order valence-corrected chi connectivity index (χ1v) is 4.35. The van der Waals surface area contributed by atoms with Crippen LogP contribution in [0.1, 0.15) is 11.6 Å². The minimum Gasteiger partial charge on any atom is -0.497 e. The third-order valence-corrected chi connectivity index (χ3v) is 2.09. The summed E-state index contributed by atoms with van der Waals surface area (Å²) in [6, 6.07) is 5.91. The van der Waals surface area contributed by atoms with Crippen LogP contribution in [-0.2, 0) is 0 Å². The molecular weight excluding hydrogens is 198 g/mol. The smallest absolute Gasteiger partial charge is 0.282 e. The normalized spacial score (nSPS) is 14.3. The van der Waals surface area contributed by atoms with Gasteiger partial charge in [-0.25, -0.2) is 0 Å². The Labute approximate surface area is 87.0 Å². The molecule has 0 heterocycles. The van der Waals surface area contributed by atoms with Gasteiger partial charge in [-0.1, -0.05) is 12.1 Å². The Morgan fingerprint density at radius 3 is 2.67 bits per heavy atom. The minimum atomic E-state index is -1.31. The molecule has 0 radical (unpaired) electrons. The molecule has 0 aromatic heterocycles. The van der Waals surface area contributed by atoms with Crippen LogP contribution in [0.4, 0.5) is 0 Å². The SMILES string of the molecule is COc1cccc(C(N)C(N)[N+](=O)[O-])c1. The first-order valence-electron chi connectivity index (χ1n) is 4.35. The number of hydrogen-bond donors (Lipinski definition) is 2. The standard InChI is InChI=1S/C9H13N3O3/c1-15-7-4-2-3-6(5-7)8(10)9(11)12(13)14/h2-5,8-9H,10-11H2,1H3. The molecule has 4 N–H and O–H groups in total. The topological polar surface area (TPSA) is 104 Å². The Hall–Kier alpha value is -1.66. The van der Waals surface area contributed by atoms with Crippen LogP contribution in [-0.4, -0.2) is 18.2 Å². The van der Waals surface area contributed by atoms with E-state index >= 15 is 0 Å². The molecule has 2 atom stereocenters. The van der Waals surface area contributed by atoms with Crippen LogP contribution in [0.3, 0.4) is 0 Å². The van der Waals surface area contributed by atoms with E-state index in [2.05, 4.69) is 0 Å². The first kappa shape index (κ1) is 11.4. The summed E-state index contributed by atoms with van der Waals surface area (Å²) in [5, 5.41) is 10.4. The maximum absolute atomic E-state index is 10.4. The fraction of sp³-hybridized carbons (Fsp3) is 0.333. The monoisotopic (exact) mass is 211 g/mol. The molecular formula is C9H13N3O3. The summed E-state index contributed by atoms with van der Waals surface area (Å²) >= 11 is 0. The second-order valence-corrected chi connectivity index (χ2v) is 3.08. The fourth-order valence-corrected chi connectivity index (χ4v) is 1.18. The number of ether oxygens (including phenoxy) is 1. The van der Waals surface area contributed by atoms with Gasteiger partial charge >= 0.3 is 0 Å². The zero-order valence-corrected chi connectivity index (χ0v) is 8.29. The molecule has 6 heteroatoms. The molecule has 0 aliphatic heterocycles. The van der Waals surface area contributed by atoms with Gasteiger partial charge in [0.2, 0.25) is 0 Å². The van der Waals surface area contributed by atoms with Crippen molar-refractivity contribution < 1.29 is 9.66 Å². The molecule has 6 nitrogen and oxygen atoms in total. The number of rotatable bonds is 4. The summed E-state index contributed by atoms with van der Waals surface area (Å²) in [5.41, 5.74) is 11.5. The van der Waals surface area contributed by atoms with E-state index in [1.54, 1.807) is 24.3 Å². The quantitative estimate of drug-likeness (QED) is 0.422. The second-order valence-electron chi connectivity index (χ2n) is 3.08. The minimum absolute atomic E-state index is 0.582. The average molecular weight is 211 g/mol. The number of nitrogens with zero attached hydrogens (tertiary/aromatic N) is 1. The van der Waals surface area contributed by atoms with Crippen molar-refractivity contribution in [2.75, 3.05) is 7.11 Å². The summed E-state index contributed by atoms with van der Waals surface area (Å²) in [7, 11) is 1.51. The van der Waals surface area contributed by atoms with Gasteiger partial charge < -0.3 is 10.5 Å². The van der Waals surface area contributed by atoms with Crippen LogP contribution < -0.4 is 16.2 Å². The highest BCUT2D eigenvalue weighted by Crippen LogP contribution is 2.19. The fourth-order valence-electron chi connectivity index (χ4n) is 1.18. The second kappa shape index (κ2) is 4.72. The Balaban J connectivity index is 2.90. The highest BCUT2D eigenvalue weighted by atomic mass is 16.6. The molecule has 0 spiro atoms. The van der Waals surface area contributed by atoms with Crippen molar-refractivity contribution in [2.45, 2.75) is 12.2 Å². The summed E-state index contributed by atoms with van der Waals surface area (Å²) < 4.78 is 4.98. The molecule has 0 amide bonds. The number of nitrogens with two attached hydrogens (primary N) is 2. The molecule has 0 bridgehead atoms. The zero-order valence-electron chi connectivity index (χ0n) is 8.29. The lowest BCUT2D eigenvalue weighted by Crippen LogP contribution is -2.40. The van der Waals surface area contributed by atoms with Gasteiger partial charge in [0, 0.05) is 4.92 Å². The van der Waals surface area contributed by atoms with Crippen LogP contribution in [0.15, 0.2) is 24.3 Å². The largest absolute Gasteiger partial charge is 0.497 e. The van der Waals surface area contributed by atoms with Gasteiger partial charge in [-0.2, -0.15) is 0 Å².